The van der Waals surface area contributed by atoms with Gasteiger partial charge in [-0.25, -0.2) is 4.39 Å². The summed E-state index contributed by atoms with van der Waals surface area (Å²) in [6.07, 6.45) is -0.132. The highest BCUT2D eigenvalue weighted by molar-refractivity contribution is 9.10. The van der Waals surface area contributed by atoms with Gasteiger partial charge >= 0.3 is 0 Å². The van der Waals surface area contributed by atoms with Gasteiger partial charge in [0.25, 0.3) is 0 Å². The molecule has 1 heterocycles. The van der Waals surface area contributed by atoms with Gasteiger partial charge in [0.1, 0.15) is 6.17 Å². The first-order valence-corrected chi connectivity index (χ1v) is 7.60. The molecule has 1 aliphatic rings. The maximum atomic E-state index is 14.4. The molecule has 0 bridgehead atoms. The van der Waals surface area contributed by atoms with E-state index in [9.17, 15) is 4.39 Å². The third kappa shape index (κ3) is 3.24. The maximum Gasteiger partial charge on any atom is 0.122 e. The van der Waals surface area contributed by atoms with Gasteiger partial charge in [-0.1, -0.05) is 36.4 Å². The summed E-state index contributed by atoms with van der Waals surface area (Å²) < 4.78 is 15.4. The minimum atomic E-state index is -0.902. The van der Waals surface area contributed by atoms with Gasteiger partial charge in [0.15, 0.2) is 0 Å². The molecule has 21 heavy (non-hydrogen) atoms. The van der Waals surface area contributed by atoms with Crippen molar-refractivity contribution in [1.82, 2.24) is 5.06 Å². The molecule has 2 aromatic carbocycles. The van der Waals surface area contributed by atoms with E-state index in [0.717, 1.165) is 28.4 Å². The Kier molecular flexibility index (Phi) is 5.60. The number of nitrogens with zero attached hydrogens (tertiary/aromatic N) is 1. The van der Waals surface area contributed by atoms with Crippen molar-refractivity contribution in [3.8, 4) is 0 Å². The zero-order chi connectivity index (χ0) is 14.1. The number of hydrogen-bond donors (Lipinski definition) is 0. The Hall–Kier alpha value is -0.680. The Balaban J connectivity index is 0.00000161. The number of alkyl halides is 1. The molecule has 0 spiro atoms. The summed E-state index contributed by atoms with van der Waals surface area (Å²) in [4.78, 5) is 5.13. The van der Waals surface area contributed by atoms with Crippen molar-refractivity contribution in [2.24, 2.45) is 0 Å². The molecule has 1 saturated heterocycles. The van der Waals surface area contributed by atoms with E-state index in [4.69, 9.17) is 4.84 Å². The molecule has 2 unspecified atom stereocenters. The lowest BCUT2D eigenvalue weighted by Crippen LogP contribution is -2.40. The van der Waals surface area contributed by atoms with Crippen LogP contribution in [0, 0.1) is 0 Å². The van der Waals surface area contributed by atoms with Crippen LogP contribution in [0.4, 0.5) is 4.39 Å². The molecule has 0 radical (unpaired) electrons. The predicted molar refractivity (Wildman–Crippen MR) is 89.7 cm³/mol. The van der Waals surface area contributed by atoms with Crippen molar-refractivity contribution in [3.63, 3.8) is 0 Å². The van der Waals surface area contributed by atoms with Crippen LogP contribution in [0.1, 0.15) is 17.9 Å². The minimum absolute atomic E-state index is 0. The molecule has 2 nitrogen and oxygen atoms in total. The van der Waals surface area contributed by atoms with E-state index in [1.165, 1.54) is 5.39 Å². The Labute approximate surface area is 138 Å². The molecule has 0 N–H and O–H groups in total. The van der Waals surface area contributed by atoms with Crippen molar-refractivity contribution in [1.29, 1.82) is 0 Å². The third-order valence-corrected chi connectivity index (χ3v) is 4.94. The summed E-state index contributed by atoms with van der Waals surface area (Å²) in [5.74, 6) is -0.0691. The first-order chi connectivity index (χ1) is 9.70. The fraction of sp³-hybridized carbons (Fsp3) is 0.375. The summed E-state index contributed by atoms with van der Waals surface area (Å²) in [5, 5.41) is 4.01. The van der Waals surface area contributed by atoms with E-state index >= 15 is 0 Å². The van der Waals surface area contributed by atoms with Crippen LogP contribution >= 0.6 is 28.3 Å². The number of rotatable bonds is 2. The molecule has 2 aromatic rings. The van der Waals surface area contributed by atoms with Crippen molar-refractivity contribution < 1.29 is 9.23 Å². The zero-order valence-corrected chi connectivity index (χ0v) is 14.2. The highest BCUT2D eigenvalue weighted by atomic mass is 79.9. The summed E-state index contributed by atoms with van der Waals surface area (Å²) in [7, 11) is 1.60. The number of piperidine rings is 1. The fourth-order valence-corrected chi connectivity index (χ4v) is 3.72. The van der Waals surface area contributed by atoms with E-state index in [1.54, 1.807) is 12.2 Å². The van der Waals surface area contributed by atoms with Gasteiger partial charge in [-0.2, -0.15) is 5.06 Å². The number of halogens is 3. The number of hydroxylamine groups is 2. The van der Waals surface area contributed by atoms with Crippen molar-refractivity contribution in [2.45, 2.75) is 18.5 Å². The minimum Gasteiger partial charge on any atom is -0.302 e. The molecule has 1 aliphatic heterocycles. The van der Waals surface area contributed by atoms with Gasteiger partial charge in [0, 0.05) is 16.9 Å². The van der Waals surface area contributed by atoms with Gasteiger partial charge in [-0.05, 0) is 38.7 Å². The first-order valence-electron chi connectivity index (χ1n) is 6.81. The van der Waals surface area contributed by atoms with Crippen LogP contribution in [0.2, 0.25) is 0 Å². The zero-order valence-electron chi connectivity index (χ0n) is 11.8. The average molecular weight is 375 g/mol. The topological polar surface area (TPSA) is 12.5 Å². The normalized spacial score (nSPS) is 23.0. The third-order valence-electron chi connectivity index (χ3n) is 4.05. The number of benzene rings is 2. The summed E-state index contributed by atoms with van der Waals surface area (Å²) >= 11 is 3.67. The molecular weight excluding hydrogens is 357 g/mol. The van der Waals surface area contributed by atoms with E-state index in [0.29, 0.717) is 6.54 Å². The second kappa shape index (κ2) is 7.05. The standard InChI is InChI=1S/C16H17BrFNO.ClH/c1-20-19-9-8-13(15(18)10-19)14-7-6-11-4-2-3-5-12(11)16(14)17;/h2-7,13,15H,8-10H2,1H3;1H. The molecule has 114 valence electrons. The Bertz CT molecular complexity index is 624. The molecule has 0 saturated carbocycles. The van der Waals surface area contributed by atoms with Gasteiger partial charge < -0.3 is 4.84 Å². The molecule has 1 fully saturated rings. The fourth-order valence-electron chi connectivity index (χ4n) is 2.93. The molecule has 2 atom stereocenters. The average Bonchev–Trinajstić information content (AvgIpc) is 2.48. The van der Waals surface area contributed by atoms with Crippen LogP contribution in [0.15, 0.2) is 40.9 Å². The molecule has 0 amide bonds. The van der Waals surface area contributed by atoms with E-state index in [2.05, 4.69) is 34.1 Å². The van der Waals surface area contributed by atoms with Crippen LogP contribution in [0.25, 0.3) is 10.8 Å². The van der Waals surface area contributed by atoms with Crippen molar-refractivity contribution in [2.75, 3.05) is 20.2 Å². The maximum absolute atomic E-state index is 14.4. The summed E-state index contributed by atoms with van der Waals surface area (Å²) in [5.41, 5.74) is 1.06. The quantitative estimate of drug-likeness (QED) is 0.754. The monoisotopic (exact) mass is 373 g/mol. The van der Waals surface area contributed by atoms with Gasteiger partial charge in [-0.3, -0.25) is 0 Å². The number of hydrogen-bond acceptors (Lipinski definition) is 2. The van der Waals surface area contributed by atoms with Crippen molar-refractivity contribution in [3.05, 3.63) is 46.4 Å². The highest BCUT2D eigenvalue weighted by Gasteiger charge is 2.31. The lowest BCUT2D eigenvalue weighted by atomic mass is 9.87. The smallest absolute Gasteiger partial charge is 0.122 e. The van der Waals surface area contributed by atoms with Crippen LogP contribution < -0.4 is 0 Å². The first kappa shape index (κ1) is 16.7. The second-order valence-corrected chi connectivity index (χ2v) is 5.96. The molecule has 3 rings (SSSR count). The van der Waals surface area contributed by atoms with Crippen LogP contribution in [0.5, 0.6) is 0 Å². The van der Waals surface area contributed by atoms with Crippen LogP contribution in [-0.4, -0.2) is 31.4 Å². The van der Waals surface area contributed by atoms with E-state index in [1.807, 2.05) is 18.2 Å². The number of fused-ring (bicyclic) bond motifs is 1. The molecule has 0 aliphatic carbocycles. The van der Waals surface area contributed by atoms with E-state index < -0.39 is 6.17 Å². The van der Waals surface area contributed by atoms with Crippen LogP contribution in [-0.2, 0) is 4.84 Å². The largest absolute Gasteiger partial charge is 0.302 e. The lowest BCUT2D eigenvalue weighted by molar-refractivity contribution is -0.158. The summed E-state index contributed by atoms with van der Waals surface area (Å²) in [6.45, 7) is 1.10. The Morgan fingerprint density at radius 2 is 2.00 bits per heavy atom. The highest BCUT2D eigenvalue weighted by Crippen LogP contribution is 2.38. The second-order valence-electron chi connectivity index (χ2n) is 5.17. The molecule has 0 aromatic heterocycles. The molecular formula is C16H18BrClFNO. The van der Waals surface area contributed by atoms with Gasteiger partial charge in [0.05, 0.1) is 13.7 Å². The SMILES string of the molecule is CON1CCC(c2ccc3ccccc3c2Br)C(F)C1.Cl. The predicted octanol–water partition coefficient (Wildman–Crippen LogP) is 4.71. The Morgan fingerprint density at radius 1 is 1.24 bits per heavy atom. The Morgan fingerprint density at radius 3 is 2.71 bits per heavy atom. The summed E-state index contributed by atoms with van der Waals surface area (Å²) in [6, 6.07) is 12.3. The molecule has 5 heteroatoms. The van der Waals surface area contributed by atoms with Gasteiger partial charge in [-0.15, -0.1) is 12.4 Å². The van der Waals surface area contributed by atoms with Crippen molar-refractivity contribution >= 4 is 39.1 Å². The van der Waals surface area contributed by atoms with Crippen LogP contribution in [0.3, 0.4) is 0 Å². The van der Waals surface area contributed by atoms with E-state index in [-0.39, 0.29) is 18.3 Å². The van der Waals surface area contributed by atoms with Gasteiger partial charge in [0.2, 0.25) is 0 Å². The lowest BCUT2D eigenvalue weighted by Gasteiger charge is -2.33.